The highest BCUT2D eigenvalue weighted by atomic mass is 14.5. The highest BCUT2D eigenvalue weighted by molar-refractivity contribution is 4.99. The van der Waals surface area contributed by atoms with E-state index < -0.39 is 0 Å². The van der Waals surface area contributed by atoms with Gasteiger partial charge >= 0.3 is 0 Å². The van der Waals surface area contributed by atoms with Gasteiger partial charge in [0.05, 0.1) is 0 Å². The fraction of sp³-hybridized carbons (Fsp3) is 1.00. The predicted octanol–water partition coefficient (Wildman–Crippen LogP) is 5.67. The van der Waals surface area contributed by atoms with Crippen molar-refractivity contribution in [2.45, 2.75) is 79.1 Å². The monoisotopic (exact) mass is 236 g/mol. The van der Waals surface area contributed by atoms with Crippen molar-refractivity contribution in [1.29, 1.82) is 0 Å². The Balaban J connectivity index is 1.71. The molecule has 0 bridgehead atoms. The van der Waals surface area contributed by atoms with Crippen molar-refractivity contribution >= 4 is 0 Å². The van der Waals surface area contributed by atoms with Crippen molar-refractivity contribution in [2.75, 3.05) is 0 Å². The molecule has 0 radical (unpaired) electrons. The third-order valence-electron chi connectivity index (χ3n) is 6.06. The zero-order valence-electron chi connectivity index (χ0n) is 12.5. The van der Waals surface area contributed by atoms with Crippen LogP contribution in [-0.2, 0) is 0 Å². The van der Waals surface area contributed by atoms with E-state index in [-0.39, 0.29) is 0 Å². The van der Waals surface area contributed by atoms with E-state index in [0.29, 0.717) is 0 Å². The van der Waals surface area contributed by atoms with Gasteiger partial charge < -0.3 is 0 Å². The third-order valence-corrected chi connectivity index (χ3v) is 6.06. The molecule has 0 aromatic carbocycles. The Hall–Kier alpha value is 0. The average Bonchev–Trinajstić information content (AvgIpc) is 2.95. The van der Waals surface area contributed by atoms with Gasteiger partial charge in [-0.05, 0) is 54.8 Å². The lowest BCUT2D eigenvalue weighted by Gasteiger charge is -2.45. The van der Waals surface area contributed by atoms with Crippen LogP contribution < -0.4 is 0 Å². The Morgan fingerprint density at radius 2 is 1.71 bits per heavy atom. The quantitative estimate of drug-likeness (QED) is 0.534. The minimum Gasteiger partial charge on any atom is -0.0654 e. The number of rotatable bonds is 7. The standard InChI is InChI=1S/C17H32/c1-5-8-13-11-14(16(13)7-3)9-10-17(4)12-15(17)6-2/h13-16H,5-12H2,1-4H3. The highest BCUT2D eigenvalue weighted by Gasteiger charge is 2.49. The number of hydrogen-bond acceptors (Lipinski definition) is 0. The maximum Gasteiger partial charge on any atom is -0.0294 e. The molecule has 0 spiro atoms. The van der Waals surface area contributed by atoms with Gasteiger partial charge in [0.15, 0.2) is 0 Å². The van der Waals surface area contributed by atoms with Gasteiger partial charge in [0.2, 0.25) is 0 Å². The van der Waals surface area contributed by atoms with Gasteiger partial charge in [0.25, 0.3) is 0 Å². The van der Waals surface area contributed by atoms with Crippen LogP contribution in [0.2, 0.25) is 0 Å². The van der Waals surface area contributed by atoms with Crippen molar-refractivity contribution in [2.24, 2.45) is 29.1 Å². The molecule has 2 aliphatic rings. The Morgan fingerprint density at radius 3 is 2.24 bits per heavy atom. The third kappa shape index (κ3) is 2.71. The van der Waals surface area contributed by atoms with Crippen LogP contribution in [0, 0.1) is 29.1 Å². The molecule has 5 unspecified atom stereocenters. The molecule has 0 nitrogen and oxygen atoms in total. The van der Waals surface area contributed by atoms with E-state index in [2.05, 4.69) is 27.7 Å². The van der Waals surface area contributed by atoms with E-state index in [1.54, 1.807) is 6.42 Å². The first kappa shape index (κ1) is 13.4. The Morgan fingerprint density at radius 1 is 1.00 bits per heavy atom. The van der Waals surface area contributed by atoms with Crippen LogP contribution >= 0.6 is 0 Å². The van der Waals surface area contributed by atoms with Crippen LogP contribution in [0.5, 0.6) is 0 Å². The van der Waals surface area contributed by atoms with Crippen LogP contribution in [0.4, 0.5) is 0 Å². The molecule has 2 rings (SSSR count). The Labute approximate surface area is 109 Å². The van der Waals surface area contributed by atoms with Gasteiger partial charge in [-0.25, -0.2) is 0 Å². The van der Waals surface area contributed by atoms with Crippen molar-refractivity contribution in [3.05, 3.63) is 0 Å². The molecule has 100 valence electrons. The van der Waals surface area contributed by atoms with E-state index in [4.69, 9.17) is 0 Å². The lowest BCUT2D eigenvalue weighted by molar-refractivity contribution is 0.0469. The maximum atomic E-state index is 2.53. The van der Waals surface area contributed by atoms with E-state index in [9.17, 15) is 0 Å². The smallest absolute Gasteiger partial charge is 0.0294 e. The van der Waals surface area contributed by atoms with Gasteiger partial charge in [0, 0.05) is 0 Å². The lowest BCUT2D eigenvalue weighted by Crippen LogP contribution is -2.36. The molecule has 5 atom stereocenters. The molecule has 0 aromatic rings. The van der Waals surface area contributed by atoms with Crippen molar-refractivity contribution in [1.82, 2.24) is 0 Å². The minimum absolute atomic E-state index is 0.753. The molecular formula is C17H32. The molecule has 0 heteroatoms. The molecule has 0 aliphatic heterocycles. The summed E-state index contributed by atoms with van der Waals surface area (Å²) in [5.41, 5.74) is 0.753. The molecule has 2 saturated carbocycles. The summed E-state index contributed by atoms with van der Waals surface area (Å²) in [5, 5.41) is 0. The summed E-state index contributed by atoms with van der Waals surface area (Å²) in [6.07, 6.45) is 11.9. The SMILES string of the molecule is CCCC1CC(CCC2(C)CC2CC)C1CC. The second-order valence-electron chi connectivity index (χ2n) is 7.12. The lowest BCUT2D eigenvalue weighted by atomic mass is 9.60. The predicted molar refractivity (Wildman–Crippen MR) is 76.0 cm³/mol. The molecule has 0 heterocycles. The maximum absolute atomic E-state index is 2.53. The van der Waals surface area contributed by atoms with Gasteiger partial charge in [0.1, 0.15) is 0 Å². The zero-order chi connectivity index (χ0) is 12.5. The summed E-state index contributed by atoms with van der Waals surface area (Å²) in [5.74, 6) is 4.32. The van der Waals surface area contributed by atoms with E-state index in [0.717, 1.165) is 29.1 Å². The molecule has 0 saturated heterocycles. The van der Waals surface area contributed by atoms with Crippen molar-refractivity contribution in [3.8, 4) is 0 Å². The van der Waals surface area contributed by atoms with Gasteiger partial charge in [-0.1, -0.05) is 53.4 Å². The van der Waals surface area contributed by atoms with Crippen molar-refractivity contribution < 1.29 is 0 Å². The van der Waals surface area contributed by atoms with Crippen LogP contribution in [0.1, 0.15) is 79.1 Å². The summed E-state index contributed by atoms with van der Waals surface area (Å²) in [7, 11) is 0. The van der Waals surface area contributed by atoms with Gasteiger partial charge in [-0.2, -0.15) is 0 Å². The van der Waals surface area contributed by atoms with Crippen LogP contribution in [0.25, 0.3) is 0 Å². The molecular weight excluding hydrogens is 204 g/mol. The number of hydrogen-bond donors (Lipinski definition) is 0. The van der Waals surface area contributed by atoms with E-state index >= 15 is 0 Å². The molecule has 2 aliphatic carbocycles. The largest absolute Gasteiger partial charge is 0.0654 e. The van der Waals surface area contributed by atoms with Crippen LogP contribution in [-0.4, -0.2) is 0 Å². The van der Waals surface area contributed by atoms with Crippen LogP contribution in [0.15, 0.2) is 0 Å². The Kier molecular flexibility index (Phi) is 4.21. The van der Waals surface area contributed by atoms with E-state index in [1.807, 2.05) is 0 Å². The van der Waals surface area contributed by atoms with E-state index in [1.165, 1.54) is 44.9 Å². The molecule has 17 heavy (non-hydrogen) atoms. The first-order valence-electron chi connectivity index (χ1n) is 8.14. The topological polar surface area (TPSA) is 0 Å². The average molecular weight is 236 g/mol. The molecule has 0 N–H and O–H groups in total. The normalized spacial score (nSPS) is 44.5. The fourth-order valence-electron chi connectivity index (χ4n) is 4.59. The summed E-state index contributed by atoms with van der Waals surface area (Å²) in [6, 6.07) is 0. The van der Waals surface area contributed by atoms with Crippen LogP contribution in [0.3, 0.4) is 0 Å². The summed E-state index contributed by atoms with van der Waals surface area (Å²) >= 11 is 0. The second-order valence-corrected chi connectivity index (χ2v) is 7.12. The highest BCUT2D eigenvalue weighted by Crippen LogP contribution is 2.59. The van der Waals surface area contributed by atoms with Gasteiger partial charge in [-0.15, -0.1) is 0 Å². The van der Waals surface area contributed by atoms with Gasteiger partial charge in [-0.3, -0.25) is 0 Å². The second kappa shape index (κ2) is 5.33. The summed E-state index contributed by atoms with van der Waals surface area (Å²) in [4.78, 5) is 0. The first-order valence-corrected chi connectivity index (χ1v) is 8.14. The summed E-state index contributed by atoms with van der Waals surface area (Å²) in [6.45, 7) is 9.65. The van der Waals surface area contributed by atoms with Crippen molar-refractivity contribution in [3.63, 3.8) is 0 Å². The molecule has 0 aromatic heterocycles. The summed E-state index contributed by atoms with van der Waals surface area (Å²) < 4.78 is 0. The fourth-order valence-corrected chi connectivity index (χ4v) is 4.59. The minimum atomic E-state index is 0.753. The molecule has 0 amide bonds. The first-order chi connectivity index (χ1) is 8.14. The molecule has 2 fully saturated rings. The Bertz CT molecular complexity index is 244. The zero-order valence-corrected chi connectivity index (χ0v) is 12.5.